The van der Waals surface area contributed by atoms with Crippen molar-refractivity contribution in [3.63, 3.8) is 0 Å². The molecule has 2 aromatic heterocycles. The Kier molecular flexibility index (Phi) is 3.93. The molecule has 3 N–H and O–H groups in total. The Morgan fingerprint density at radius 2 is 1.95 bits per heavy atom. The van der Waals surface area contributed by atoms with Crippen LogP contribution in [0.3, 0.4) is 0 Å². The molecule has 0 aromatic carbocycles. The highest BCUT2D eigenvalue weighted by Gasteiger charge is 2.14. The van der Waals surface area contributed by atoms with Gasteiger partial charge in [0.2, 0.25) is 5.95 Å². The van der Waals surface area contributed by atoms with Crippen LogP contribution in [-0.2, 0) is 0 Å². The number of pyridine rings is 1. The topological polar surface area (TPSA) is 93.8 Å². The summed E-state index contributed by atoms with van der Waals surface area (Å²) in [5.74, 6) is -0.200. The number of aryl methyl sites for hydroxylation is 2. The Morgan fingerprint density at radius 1 is 1.20 bits per heavy atom. The Morgan fingerprint density at radius 3 is 2.60 bits per heavy atom. The number of nitrogens with one attached hydrogen (secondary N) is 1. The van der Waals surface area contributed by atoms with E-state index in [-0.39, 0.29) is 23.6 Å². The molecule has 0 spiro atoms. The molecule has 1 atom stereocenters. The van der Waals surface area contributed by atoms with Crippen LogP contribution in [0.2, 0.25) is 0 Å². The van der Waals surface area contributed by atoms with Gasteiger partial charge in [-0.1, -0.05) is 6.07 Å². The Balaban J connectivity index is 2.15. The van der Waals surface area contributed by atoms with Gasteiger partial charge >= 0.3 is 0 Å². The SMILES string of the molecule is Cc1cccc([C@H](C)NC(=O)c2cc(C)nc(N)n2)n1. The number of rotatable bonds is 3. The van der Waals surface area contributed by atoms with Gasteiger partial charge in [-0.25, -0.2) is 9.97 Å². The third kappa shape index (κ3) is 3.28. The van der Waals surface area contributed by atoms with Crippen LogP contribution in [0.5, 0.6) is 0 Å². The van der Waals surface area contributed by atoms with Crippen LogP contribution < -0.4 is 11.1 Å². The van der Waals surface area contributed by atoms with E-state index in [9.17, 15) is 4.79 Å². The molecule has 0 aliphatic heterocycles. The largest absolute Gasteiger partial charge is 0.368 e. The second-order valence-corrected chi connectivity index (χ2v) is 4.65. The summed E-state index contributed by atoms with van der Waals surface area (Å²) in [6, 6.07) is 7.08. The summed E-state index contributed by atoms with van der Waals surface area (Å²) in [5.41, 5.74) is 8.17. The second kappa shape index (κ2) is 5.64. The normalized spacial score (nSPS) is 11.9. The van der Waals surface area contributed by atoms with E-state index in [4.69, 9.17) is 5.73 Å². The van der Waals surface area contributed by atoms with E-state index >= 15 is 0 Å². The van der Waals surface area contributed by atoms with Gasteiger partial charge in [0.15, 0.2) is 0 Å². The maximum atomic E-state index is 12.1. The van der Waals surface area contributed by atoms with Crippen molar-refractivity contribution in [3.05, 3.63) is 47.0 Å². The van der Waals surface area contributed by atoms with Gasteiger partial charge in [-0.05, 0) is 39.0 Å². The van der Waals surface area contributed by atoms with Crippen LogP contribution >= 0.6 is 0 Å². The number of amides is 1. The van der Waals surface area contributed by atoms with Gasteiger partial charge in [0, 0.05) is 11.4 Å². The lowest BCUT2D eigenvalue weighted by Gasteiger charge is -2.13. The smallest absolute Gasteiger partial charge is 0.270 e. The highest BCUT2D eigenvalue weighted by atomic mass is 16.1. The molecule has 6 heteroatoms. The van der Waals surface area contributed by atoms with E-state index in [1.807, 2.05) is 32.0 Å². The van der Waals surface area contributed by atoms with Crippen LogP contribution in [0, 0.1) is 13.8 Å². The quantitative estimate of drug-likeness (QED) is 0.883. The zero-order valence-electron chi connectivity index (χ0n) is 11.7. The lowest BCUT2D eigenvalue weighted by atomic mass is 10.2. The van der Waals surface area contributed by atoms with Crippen molar-refractivity contribution < 1.29 is 4.79 Å². The Bertz CT molecular complexity index is 621. The molecule has 20 heavy (non-hydrogen) atoms. The number of aromatic nitrogens is 3. The first kappa shape index (κ1) is 13.9. The summed E-state index contributed by atoms with van der Waals surface area (Å²) in [6.07, 6.45) is 0. The minimum Gasteiger partial charge on any atom is -0.368 e. The van der Waals surface area contributed by atoms with Crippen LogP contribution in [-0.4, -0.2) is 20.9 Å². The molecule has 0 fully saturated rings. The van der Waals surface area contributed by atoms with E-state index in [2.05, 4.69) is 20.3 Å². The van der Waals surface area contributed by atoms with E-state index in [1.54, 1.807) is 13.0 Å². The maximum Gasteiger partial charge on any atom is 0.270 e. The molecule has 0 aliphatic carbocycles. The fraction of sp³-hybridized carbons (Fsp3) is 0.286. The third-order valence-electron chi connectivity index (χ3n) is 2.81. The number of anilines is 1. The second-order valence-electron chi connectivity index (χ2n) is 4.65. The van der Waals surface area contributed by atoms with Gasteiger partial charge in [0.25, 0.3) is 5.91 Å². The molecule has 0 bridgehead atoms. The molecule has 0 radical (unpaired) electrons. The van der Waals surface area contributed by atoms with E-state index in [0.29, 0.717) is 5.69 Å². The Hall–Kier alpha value is -2.50. The maximum absolute atomic E-state index is 12.1. The summed E-state index contributed by atoms with van der Waals surface area (Å²) in [7, 11) is 0. The van der Waals surface area contributed by atoms with Gasteiger partial charge in [-0.2, -0.15) is 0 Å². The van der Waals surface area contributed by atoms with E-state index in [1.165, 1.54) is 0 Å². The predicted octanol–water partition coefficient (Wildman–Crippen LogP) is 1.56. The molecule has 2 rings (SSSR count). The van der Waals surface area contributed by atoms with Gasteiger partial charge < -0.3 is 11.1 Å². The fourth-order valence-corrected chi connectivity index (χ4v) is 1.86. The van der Waals surface area contributed by atoms with Crippen LogP contribution in [0.15, 0.2) is 24.3 Å². The molecule has 0 saturated heterocycles. The first-order valence-corrected chi connectivity index (χ1v) is 6.31. The van der Waals surface area contributed by atoms with Crippen molar-refractivity contribution in [1.29, 1.82) is 0 Å². The fourth-order valence-electron chi connectivity index (χ4n) is 1.86. The summed E-state index contributed by atoms with van der Waals surface area (Å²) in [4.78, 5) is 24.4. The minimum atomic E-state index is -0.294. The molecule has 104 valence electrons. The monoisotopic (exact) mass is 271 g/mol. The standard InChI is InChI=1S/C14H17N5O/c1-8-5-4-6-11(16-8)10(3)18-13(20)12-7-9(2)17-14(15)19-12/h4-7,10H,1-3H3,(H,18,20)(H2,15,17,19)/t10-/m0/s1. The molecule has 0 unspecified atom stereocenters. The van der Waals surface area contributed by atoms with Crippen molar-refractivity contribution in [2.24, 2.45) is 0 Å². The van der Waals surface area contributed by atoms with Gasteiger partial charge in [0.05, 0.1) is 11.7 Å². The zero-order chi connectivity index (χ0) is 14.7. The van der Waals surface area contributed by atoms with Crippen molar-refractivity contribution >= 4 is 11.9 Å². The van der Waals surface area contributed by atoms with Crippen molar-refractivity contribution in [3.8, 4) is 0 Å². The molecule has 2 aromatic rings. The number of hydrogen-bond donors (Lipinski definition) is 2. The zero-order valence-corrected chi connectivity index (χ0v) is 11.7. The van der Waals surface area contributed by atoms with Crippen LogP contribution in [0.1, 0.15) is 40.5 Å². The average molecular weight is 271 g/mol. The van der Waals surface area contributed by atoms with E-state index < -0.39 is 0 Å². The van der Waals surface area contributed by atoms with Gasteiger partial charge in [-0.15, -0.1) is 0 Å². The number of carbonyl (C=O) groups is 1. The number of nitrogens with zero attached hydrogens (tertiary/aromatic N) is 3. The third-order valence-corrected chi connectivity index (χ3v) is 2.81. The number of nitrogens with two attached hydrogens (primary N) is 1. The van der Waals surface area contributed by atoms with Crippen molar-refractivity contribution in [2.45, 2.75) is 26.8 Å². The number of nitrogen functional groups attached to an aromatic ring is 1. The highest BCUT2D eigenvalue weighted by Crippen LogP contribution is 2.11. The summed E-state index contributed by atoms with van der Waals surface area (Å²) in [5, 5.41) is 2.85. The van der Waals surface area contributed by atoms with Crippen molar-refractivity contribution in [2.75, 3.05) is 5.73 Å². The molecule has 6 nitrogen and oxygen atoms in total. The van der Waals surface area contributed by atoms with Crippen molar-refractivity contribution in [1.82, 2.24) is 20.3 Å². The first-order chi connectivity index (χ1) is 9.45. The molecule has 2 heterocycles. The molecule has 0 aliphatic rings. The lowest BCUT2D eigenvalue weighted by Crippen LogP contribution is -2.28. The summed E-state index contributed by atoms with van der Waals surface area (Å²) >= 11 is 0. The van der Waals surface area contributed by atoms with Gasteiger partial charge in [0.1, 0.15) is 5.69 Å². The average Bonchev–Trinajstić information content (AvgIpc) is 2.37. The van der Waals surface area contributed by atoms with Crippen LogP contribution in [0.4, 0.5) is 5.95 Å². The highest BCUT2D eigenvalue weighted by molar-refractivity contribution is 5.92. The lowest BCUT2D eigenvalue weighted by molar-refractivity contribution is 0.0934. The molecular weight excluding hydrogens is 254 g/mol. The molecular formula is C14H17N5O. The summed E-state index contributed by atoms with van der Waals surface area (Å²) < 4.78 is 0. The minimum absolute atomic E-state index is 0.0940. The number of carbonyl (C=O) groups excluding carboxylic acids is 1. The predicted molar refractivity (Wildman–Crippen MR) is 76.0 cm³/mol. The number of hydrogen-bond acceptors (Lipinski definition) is 5. The van der Waals surface area contributed by atoms with Gasteiger partial charge in [-0.3, -0.25) is 9.78 Å². The first-order valence-electron chi connectivity index (χ1n) is 6.31. The molecule has 1 amide bonds. The van der Waals surface area contributed by atoms with Crippen LogP contribution in [0.25, 0.3) is 0 Å². The van der Waals surface area contributed by atoms with E-state index in [0.717, 1.165) is 11.4 Å². The molecule has 0 saturated carbocycles. The Labute approximate surface area is 117 Å². The summed E-state index contributed by atoms with van der Waals surface area (Å²) in [6.45, 7) is 5.55.